The number of rotatable bonds is 4. The van der Waals surface area contributed by atoms with Crippen molar-refractivity contribution in [2.24, 2.45) is 5.14 Å². The Balaban J connectivity index is 1.74. The third kappa shape index (κ3) is 4.07. The van der Waals surface area contributed by atoms with Crippen LogP contribution in [0.5, 0.6) is 0 Å². The Morgan fingerprint density at radius 2 is 1.92 bits per heavy atom. The molecule has 0 spiro atoms. The minimum atomic E-state index is -4.00. The largest absolute Gasteiger partial charge is 0.285 e. The van der Waals surface area contributed by atoms with E-state index < -0.39 is 15.9 Å². The zero-order chi connectivity index (χ0) is 18.9. The van der Waals surface area contributed by atoms with E-state index in [2.05, 4.69) is 17.6 Å². The number of hydrogen-bond acceptors (Lipinski definition) is 4. The van der Waals surface area contributed by atoms with Crippen LogP contribution in [0.1, 0.15) is 35.2 Å². The highest BCUT2D eigenvalue weighted by Crippen LogP contribution is 2.30. The van der Waals surface area contributed by atoms with Crippen molar-refractivity contribution in [2.45, 2.75) is 30.2 Å². The predicted molar refractivity (Wildman–Crippen MR) is 100 cm³/mol. The highest BCUT2D eigenvalue weighted by Gasteiger charge is 2.31. The number of amides is 1. The molecular formula is C18H20ClN3O3S. The molecule has 8 heteroatoms. The number of nitrogens with one attached hydrogen (secondary N) is 1. The van der Waals surface area contributed by atoms with Gasteiger partial charge in [-0.3, -0.25) is 10.2 Å². The van der Waals surface area contributed by atoms with E-state index >= 15 is 0 Å². The molecule has 1 saturated heterocycles. The van der Waals surface area contributed by atoms with E-state index in [1.807, 2.05) is 30.1 Å². The second kappa shape index (κ2) is 7.36. The number of sulfonamides is 1. The molecular weight excluding hydrogens is 374 g/mol. The van der Waals surface area contributed by atoms with Gasteiger partial charge < -0.3 is 0 Å². The Morgan fingerprint density at radius 3 is 2.58 bits per heavy atom. The Labute approximate surface area is 158 Å². The second-order valence-electron chi connectivity index (χ2n) is 6.48. The maximum Gasteiger partial charge on any atom is 0.265 e. The van der Waals surface area contributed by atoms with Gasteiger partial charge in [-0.2, -0.15) is 0 Å². The van der Waals surface area contributed by atoms with Crippen LogP contribution in [0.2, 0.25) is 5.02 Å². The van der Waals surface area contributed by atoms with Crippen LogP contribution in [-0.2, 0) is 10.0 Å². The van der Waals surface area contributed by atoms with Gasteiger partial charge in [-0.1, -0.05) is 41.9 Å². The molecule has 0 saturated carbocycles. The van der Waals surface area contributed by atoms with Crippen LogP contribution in [0, 0.1) is 0 Å². The number of halogens is 1. The summed E-state index contributed by atoms with van der Waals surface area (Å²) in [5.41, 5.74) is 4.28. The van der Waals surface area contributed by atoms with Crippen LogP contribution >= 0.6 is 11.6 Å². The Bertz CT molecular complexity index is 919. The van der Waals surface area contributed by atoms with Crippen molar-refractivity contribution in [3.05, 3.63) is 64.7 Å². The van der Waals surface area contributed by atoms with Crippen molar-refractivity contribution in [1.29, 1.82) is 0 Å². The summed E-state index contributed by atoms with van der Waals surface area (Å²) in [6.45, 7) is 2.73. The van der Waals surface area contributed by atoms with Gasteiger partial charge in [0.1, 0.15) is 4.90 Å². The molecule has 26 heavy (non-hydrogen) atoms. The summed E-state index contributed by atoms with van der Waals surface area (Å²) in [5.74, 6) is -0.0659. The molecule has 1 aliphatic heterocycles. The SMILES string of the molecule is CC1CC(c2ccccc2)CN1NC(=O)c1ccc(Cl)c(S(N)(=O)=O)c1. The van der Waals surface area contributed by atoms with Crippen molar-refractivity contribution >= 4 is 27.5 Å². The molecule has 0 aliphatic carbocycles. The summed E-state index contributed by atoms with van der Waals surface area (Å²) < 4.78 is 23.2. The molecule has 2 aromatic rings. The first kappa shape index (κ1) is 18.8. The van der Waals surface area contributed by atoms with E-state index in [4.69, 9.17) is 16.7 Å². The molecule has 0 radical (unpaired) electrons. The molecule has 2 aromatic carbocycles. The predicted octanol–water partition coefficient (Wildman–Crippen LogP) is 2.51. The van der Waals surface area contributed by atoms with Crippen LogP contribution in [0.4, 0.5) is 0 Å². The quantitative estimate of drug-likeness (QED) is 0.834. The molecule has 0 aromatic heterocycles. The highest BCUT2D eigenvalue weighted by atomic mass is 35.5. The lowest BCUT2D eigenvalue weighted by Gasteiger charge is -2.22. The lowest BCUT2D eigenvalue weighted by molar-refractivity contribution is 0.0775. The van der Waals surface area contributed by atoms with Gasteiger partial charge >= 0.3 is 0 Å². The fraction of sp³-hybridized carbons (Fsp3) is 0.278. The minimum Gasteiger partial charge on any atom is -0.285 e. The number of nitrogens with two attached hydrogens (primary N) is 1. The minimum absolute atomic E-state index is 0.0114. The summed E-state index contributed by atoms with van der Waals surface area (Å²) in [5, 5.41) is 7.01. The Hall–Kier alpha value is -1.93. The number of hydrazine groups is 1. The van der Waals surface area contributed by atoms with Crippen LogP contribution in [0.3, 0.4) is 0 Å². The number of carbonyl (C=O) groups excluding carboxylic acids is 1. The van der Waals surface area contributed by atoms with Gasteiger partial charge in [0.25, 0.3) is 5.91 Å². The maximum absolute atomic E-state index is 12.5. The summed E-state index contributed by atoms with van der Waals surface area (Å²) in [4.78, 5) is 12.3. The van der Waals surface area contributed by atoms with E-state index in [-0.39, 0.29) is 21.5 Å². The molecule has 138 valence electrons. The Kier molecular flexibility index (Phi) is 5.34. The second-order valence-corrected chi connectivity index (χ2v) is 8.41. The molecule has 3 N–H and O–H groups in total. The van der Waals surface area contributed by atoms with E-state index in [0.717, 1.165) is 6.42 Å². The van der Waals surface area contributed by atoms with Crippen LogP contribution in [-0.4, -0.2) is 31.9 Å². The van der Waals surface area contributed by atoms with Crippen LogP contribution in [0.25, 0.3) is 0 Å². The first-order valence-corrected chi connectivity index (χ1v) is 10.1. The smallest absolute Gasteiger partial charge is 0.265 e. The van der Waals surface area contributed by atoms with Gasteiger partial charge in [0.15, 0.2) is 0 Å². The zero-order valence-electron chi connectivity index (χ0n) is 14.2. The lowest BCUT2D eigenvalue weighted by Crippen LogP contribution is -2.44. The van der Waals surface area contributed by atoms with Crippen molar-refractivity contribution in [1.82, 2.24) is 10.4 Å². The summed E-state index contributed by atoms with van der Waals surface area (Å²) >= 11 is 5.86. The lowest BCUT2D eigenvalue weighted by atomic mass is 9.97. The molecule has 6 nitrogen and oxygen atoms in total. The van der Waals surface area contributed by atoms with Gasteiger partial charge in [0, 0.05) is 18.2 Å². The molecule has 3 rings (SSSR count). The van der Waals surface area contributed by atoms with Gasteiger partial charge in [-0.25, -0.2) is 18.6 Å². The maximum atomic E-state index is 12.5. The standard InChI is InChI=1S/C18H20ClN3O3S/c1-12-9-15(13-5-3-2-4-6-13)11-22(12)21-18(23)14-7-8-16(19)17(10-14)26(20,24)25/h2-8,10,12,15H,9,11H2,1H3,(H,21,23)(H2,20,24,25). The molecule has 1 amide bonds. The number of primary sulfonamides is 1. The highest BCUT2D eigenvalue weighted by molar-refractivity contribution is 7.89. The van der Waals surface area contributed by atoms with Crippen LogP contribution < -0.4 is 10.6 Å². The van der Waals surface area contributed by atoms with Crippen molar-refractivity contribution in [3.63, 3.8) is 0 Å². The first-order valence-electron chi connectivity index (χ1n) is 8.20. The Morgan fingerprint density at radius 1 is 1.23 bits per heavy atom. The third-order valence-corrected chi connectivity index (χ3v) is 5.98. The molecule has 1 heterocycles. The molecule has 2 unspecified atom stereocenters. The van der Waals surface area contributed by atoms with E-state index in [1.54, 1.807) is 0 Å². The number of carbonyl (C=O) groups is 1. The fourth-order valence-electron chi connectivity index (χ4n) is 3.21. The first-order chi connectivity index (χ1) is 12.3. The van der Waals surface area contributed by atoms with Crippen molar-refractivity contribution in [3.8, 4) is 0 Å². The topological polar surface area (TPSA) is 92.5 Å². The summed E-state index contributed by atoms with van der Waals surface area (Å²) in [7, 11) is -4.00. The number of benzene rings is 2. The number of hydrogen-bond donors (Lipinski definition) is 2. The van der Waals surface area contributed by atoms with Gasteiger partial charge in [0.2, 0.25) is 10.0 Å². The average molecular weight is 394 g/mol. The zero-order valence-corrected chi connectivity index (χ0v) is 15.8. The monoisotopic (exact) mass is 393 g/mol. The molecule has 2 atom stereocenters. The van der Waals surface area contributed by atoms with Gasteiger partial charge in [-0.05, 0) is 43.0 Å². The van der Waals surface area contributed by atoms with E-state index in [0.29, 0.717) is 12.5 Å². The van der Waals surface area contributed by atoms with Crippen molar-refractivity contribution in [2.75, 3.05) is 6.54 Å². The molecule has 1 aliphatic rings. The summed E-state index contributed by atoms with van der Waals surface area (Å²) in [6, 6.07) is 14.3. The van der Waals surface area contributed by atoms with Crippen molar-refractivity contribution < 1.29 is 13.2 Å². The normalized spacial score (nSPS) is 20.9. The van der Waals surface area contributed by atoms with Gasteiger partial charge in [0.05, 0.1) is 5.02 Å². The summed E-state index contributed by atoms with van der Waals surface area (Å²) in [6.07, 6.45) is 0.924. The average Bonchev–Trinajstić information content (AvgIpc) is 2.95. The van der Waals surface area contributed by atoms with Gasteiger partial charge in [-0.15, -0.1) is 0 Å². The fourth-order valence-corrected chi connectivity index (χ4v) is 4.28. The molecule has 0 bridgehead atoms. The van der Waals surface area contributed by atoms with E-state index in [9.17, 15) is 13.2 Å². The van der Waals surface area contributed by atoms with E-state index in [1.165, 1.54) is 23.8 Å². The van der Waals surface area contributed by atoms with Crippen LogP contribution in [0.15, 0.2) is 53.4 Å². The number of nitrogens with zero attached hydrogens (tertiary/aromatic N) is 1. The third-order valence-electron chi connectivity index (χ3n) is 4.59. The molecule has 1 fully saturated rings.